The zero-order chi connectivity index (χ0) is 5.82. The molecule has 0 amide bonds. The molecule has 1 aliphatic heterocycles. The van der Waals surface area contributed by atoms with Crippen molar-refractivity contribution in [2.45, 2.75) is 5.37 Å². The molecule has 2 nitrogen and oxygen atoms in total. The zero-order valence-electron chi connectivity index (χ0n) is 5.05. The van der Waals surface area contributed by atoms with Crippen molar-refractivity contribution in [2.24, 2.45) is 0 Å². The highest BCUT2D eigenvalue weighted by Crippen LogP contribution is 2.03. The van der Waals surface area contributed by atoms with E-state index >= 15 is 0 Å². The lowest BCUT2D eigenvalue weighted by molar-refractivity contribution is 0.499. The first kappa shape index (κ1) is 6.39. The molecule has 1 rings (SSSR count). The van der Waals surface area contributed by atoms with Crippen molar-refractivity contribution >= 4 is 11.8 Å². The molecule has 3 heteroatoms. The van der Waals surface area contributed by atoms with Gasteiger partial charge in [-0.15, -0.1) is 11.8 Å². The highest BCUT2D eigenvalue weighted by molar-refractivity contribution is 7.99. The van der Waals surface area contributed by atoms with Crippen LogP contribution in [0.4, 0.5) is 0 Å². The van der Waals surface area contributed by atoms with Crippen LogP contribution in [0.3, 0.4) is 0 Å². The molecule has 0 spiro atoms. The van der Waals surface area contributed by atoms with Crippen LogP contribution < -0.4 is 10.6 Å². The highest BCUT2D eigenvalue weighted by atomic mass is 32.2. The molecule has 8 heavy (non-hydrogen) atoms. The van der Waals surface area contributed by atoms with Gasteiger partial charge in [0.15, 0.2) is 0 Å². The normalized spacial score (nSPS) is 30.4. The lowest BCUT2D eigenvalue weighted by Gasteiger charge is -2.20. The SMILES string of the molecule is CSC1CNCC[N]1. The molecule has 0 aromatic rings. The zero-order valence-corrected chi connectivity index (χ0v) is 5.87. The van der Waals surface area contributed by atoms with E-state index in [0.29, 0.717) is 5.37 Å². The maximum Gasteiger partial charge on any atom is 0.0821 e. The number of nitrogens with one attached hydrogen (secondary N) is 1. The average molecular weight is 131 g/mol. The molecular formula is C5H11N2S. The van der Waals surface area contributed by atoms with Crippen LogP contribution in [-0.2, 0) is 0 Å². The molecule has 0 bridgehead atoms. The van der Waals surface area contributed by atoms with Crippen LogP contribution in [0, 0.1) is 0 Å². The first-order valence-corrected chi connectivity index (χ1v) is 4.12. The monoisotopic (exact) mass is 131 g/mol. The van der Waals surface area contributed by atoms with Gasteiger partial charge < -0.3 is 5.32 Å². The Bertz CT molecular complexity index is 61.4. The van der Waals surface area contributed by atoms with Crippen molar-refractivity contribution in [2.75, 3.05) is 25.9 Å². The Morgan fingerprint density at radius 1 is 1.75 bits per heavy atom. The quantitative estimate of drug-likeness (QED) is 0.537. The van der Waals surface area contributed by atoms with Gasteiger partial charge in [0, 0.05) is 19.6 Å². The summed E-state index contributed by atoms with van der Waals surface area (Å²) in [5.41, 5.74) is 0. The van der Waals surface area contributed by atoms with Crippen molar-refractivity contribution in [3.8, 4) is 0 Å². The first-order valence-electron chi connectivity index (χ1n) is 2.83. The lowest BCUT2D eigenvalue weighted by atomic mass is 10.4. The summed E-state index contributed by atoms with van der Waals surface area (Å²) in [7, 11) is 0. The summed E-state index contributed by atoms with van der Waals surface area (Å²) in [4.78, 5) is 0. The van der Waals surface area contributed by atoms with Gasteiger partial charge in [0.25, 0.3) is 0 Å². The molecule has 1 unspecified atom stereocenters. The van der Waals surface area contributed by atoms with E-state index < -0.39 is 0 Å². The third-order valence-electron chi connectivity index (χ3n) is 1.21. The van der Waals surface area contributed by atoms with Gasteiger partial charge >= 0.3 is 0 Å². The van der Waals surface area contributed by atoms with E-state index in [1.54, 1.807) is 0 Å². The van der Waals surface area contributed by atoms with Crippen LogP contribution in [0.1, 0.15) is 0 Å². The Kier molecular flexibility index (Phi) is 2.66. The second kappa shape index (κ2) is 3.33. The van der Waals surface area contributed by atoms with E-state index in [2.05, 4.69) is 16.9 Å². The molecule has 1 saturated heterocycles. The van der Waals surface area contributed by atoms with E-state index in [1.807, 2.05) is 11.8 Å². The van der Waals surface area contributed by atoms with Crippen LogP contribution in [0.25, 0.3) is 0 Å². The molecule has 0 saturated carbocycles. The third kappa shape index (κ3) is 1.65. The number of piperazine rings is 1. The molecule has 1 aliphatic rings. The molecule has 1 N–H and O–H groups in total. The molecule has 1 heterocycles. The second-order valence-electron chi connectivity index (χ2n) is 1.80. The topological polar surface area (TPSA) is 26.1 Å². The molecule has 1 atom stereocenters. The summed E-state index contributed by atoms with van der Waals surface area (Å²) in [5.74, 6) is 0. The maximum atomic E-state index is 4.35. The molecule has 47 valence electrons. The third-order valence-corrected chi connectivity index (χ3v) is 2.07. The Labute approximate surface area is 54.4 Å². The number of rotatable bonds is 1. The summed E-state index contributed by atoms with van der Waals surface area (Å²) in [6.07, 6.45) is 2.10. The predicted molar refractivity (Wildman–Crippen MR) is 37.2 cm³/mol. The lowest BCUT2D eigenvalue weighted by Crippen LogP contribution is -2.41. The maximum absolute atomic E-state index is 4.35. The van der Waals surface area contributed by atoms with E-state index in [1.165, 1.54) is 0 Å². The van der Waals surface area contributed by atoms with Crippen LogP contribution in [0.5, 0.6) is 0 Å². The fraction of sp³-hybridized carbons (Fsp3) is 1.00. The fourth-order valence-corrected chi connectivity index (χ4v) is 1.27. The van der Waals surface area contributed by atoms with Crippen molar-refractivity contribution in [1.82, 2.24) is 10.6 Å². The smallest absolute Gasteiger partial charge is 0.0821 e. The van der Waals surface area contributed by atoms with E-state index in [9.17, 15) is 0 Å². The van der Waals surface area contributed by atoms with E-state index in [4.69, 9.17) is 0 Å². The first-order chi connectivity index (χ1) is 3.93. The van der Waals surface area contributed by atoms with Crippen molar-refractivity contribution in [3.05, 3.63) is 0 Å². The minimum Gasteiger partial charge on any atom is -0.313 e. The van der Waals surface area contributed by atoms with E-state index in [0.717, 1.165) is 19.6 Å². The minimum absolute atomic E-state index is 0.517. The highest BCUT2D eigenvalue weighted by Gasteiger charge is 2.09. The number of thioether (sulfide) groups is 1. The molecule has 0 aromatic heterocycles. The van der Waals surface area contributed by atoms with Gasteiger partial charge in [0.2, 0.25) is 0 Å². The summed E-state index contributed by atoms with van der Waals surface area (Å²) in [6, 6.07) is 0. The molecule has 1 radical (unpaired) electrons. The van der Waals surface area contributed by atoms with Gasteiger partial charge in [-0.05, 0) is 6.26 Å². The molecule has 1 fully saturated rings. The summed E-state index contributed by atoms with van der Waals surface area (Å²) < 4.78 is 0. The Hall–Kier alpha value is 0.270. The second-order valence-corrected chi connectivity index (χ2v) is 2.82. The largest absolute Gasteiger partial charge is 0.313 e. The van der Waals surface area contributed by atoms with Gasteiger partial charge in [-0.3, -0.25) is 0 Å². The Morgan fingerprint density at radius 3 is 3.00 bits per heavy atom. The number of nitrogens with zero attached hydrogens (tertiary/aromatic N) is 1. The Morgan fingerprint density at radius 2 is 2.62 bits per heavy atom. The van der Waals surface area contributed by atoms with Crippen LogP contribution in [-0.4, -0.2) is 31.3 Å². The predicted octanol–water partition coefficient (Wildman–Crippen LogP) is -0.117. The van der Waals surface area contributed by atoms with Crippen LogP contribution in [0.2, 0.25) is 0 Å². The van der Waals surface area contributed by atoms with Gasteiger partial charge in [0.05, 0.1) is 5.37 Å². The molecule has 0 aromatic carbocycles. The number of hydrogen-bond acceptors (Lipinski definition) is 2. The minimum atomic E-state index is 0.517. The summed E-state index contributed by atoms with van der Waals surface area (Å²) >= 11 is 1.82. The molecular weight excluding hydrogens is 120 g/mol. The standard InChI is InChI=1S/C5H11N2S/c1-8-5-4-6-2-3-7-5/h5-6H,2-4H2,1H3. The number of hydrogen-bond donors (Lipinski definition) is 1. The van der Waals surface area contributed by atoms with Crippen molar-refractivity contribution in [1.29, 1.82) is 0 Å². The Balaban J connectivity index is 2.13. The van der Waals surface area contributed by atoms with Gasteiger partial charge in [-0.2, -0.15) is 0 Å². The average Bonchev–Trinajstić information content (AvgIpc) is 1.90. The van der Waals surface area contributed by atoms with Crippen LogP contribution >= 0.6 is 11.8 Å². The summed E-state index contributed by atoms with van der Waals surface area (Å²) in [6.45, 7) is 3.11. The van der Waals surface area contributed by atoms with Crippen molar-refractivity contribution < 1.29 is 0 Å². The van der Waals surface area contributed by atoms with Gasteiger partial charge in [-0.25, -0.2) is 5.32 Å². The van der Waals surface area contributed by atoms with Crippen LogP contribution in [0.15, 0.2) is 0 Å². The fourth-order valence-electron chi connectivity index (χ4n) is 0.736. The van der Waals surface area contributed by atoms with Gasteiger partial charge in [-0.1, -0.05) is 0 Å². The van der Waals surface area contributed by atoms with E-state index in [-0.39, 0.29) is 0 Å². The molecule has 0 aliphatic carbocycles. The van der Waals surface area contributed by atoms with Gasteiger partial charge in [0.1, 0.15) is 0 Å². The summed E-state index contributed by atoms with van der Waals surface area (Å²) in [5, 5.41) is 8.14. The van der Waals surface area contributed by atoms with Crippen molar-refractivity contribution in [3.63, 3.8) is 0 Å².